The van der Waals surface area contributed by atoms with Crippen molar-refractivity contribution in [3.8, 4) is 22.7 Å². The summed E-state index contributed by atoms with van der Waals surface area (Å²) in [4.78, 5) is 34.3. The molecule has 11 nitrogen and oxygen atoms in total. The molecule has 3 aromatic heterocycles. The van der Waals surface area contributed by atoms with E-state index in [1.54, 1.807) is 29.6 Å². The molecule has 0 atom stereocenters. The number of aromatic nitrogens is 5. The van der Waals surface area contributed by atoms with E-state index in [-0.39, 0.29) is 11.5 Å². The SMILES string of the molecule is CC(C)(C)OC(=O)N1CCN(c2cnc(-c3nc(C4(c5ccc(-c6ccc(N)nc6)cc5)CCC4)no3)cn2)CC1. The van der Waals surface area contributed by atoms with Crippen LogP contribution in [0.5, 0.6) is 0 Å². The first-order chi connectivity index (χ1) is 19.7. The second-order valence-electron chi connectivity index (χ2n) is 11.6. The van der Waals surface area contributed by atoms with E-state index in [0.717, 1.165) is 41.8 Å². The van der Waals surface area contributed by atoms with Gasteiger partial charge in [-0.2, -0.15) is 4.98 Å². The van der Waals surface area contributed by atoms with Crippen molar-refractivity contribution in [3.63, 3.8) is 0 Å². The lowest BCUT2D eigenvalue weighted by Gasteiger charge is -2.39. The second kappa shape index (κ2) is 10.5. The van der Waals surface area contributed by atoms with Gasteiger partial charge in [0.2, 0.25) is 0 Å². The molecule has 1 saturated carbocycles. The number of pyridine rings is 1. The maximum atomic E-state index is 12.4. The number of hydrogen-bond acceptors (Lipinski definition) is 10. The van der Waals surface area contributed by atoms with Gasteiger partial charge < -0.3 is 24.8 Å². The Morgan fingerprint density at radius 3 is 2.24 bits per heavy atom. The summed E-state index contributed by atoms with van der Waals surface area (Å²) < 4.78 is 11.2. The van der Waals surface area contributed by atoms with Gasteiger partial charge in [0, 0.05) is 37.9 Å². The fourth-order valence-corrected chi connectivity index (χ4v) is 5.29. The molecule has 1 aliphatic carbocycles. The summed E-state index contributed by atoms with van der Waals surface area (Å²) in [5.74, 6) is 2.27. The number of carbonyl (C=O) groups excluding carboxylic acids is 1. The number of nitrogen functional groups attached to an aromatic ring is 1. The zero-order chi connectivity index (χ0) is 28.6. The van der Waals surface area contributed by atoms with Crippen molar-refractivity contribution < 1.29 is 14.1 Å². The van der Waals surface area contributed by atoms with Crippen LogP contribution in [0.2, 0.25) is 0 Å². The Kier molecular flexibility index (Phi) is 6.80. The number of hydrogen-bond donors (Lipinski definition) is 1. The van der Waals surface area contributed by atoms with Crippen LogP contribution in [0.3, 0.4) is 0 Å². The molecule has 6 rings (SSSR count). The predicted molar refractivity (Wildman–Crippen MR) is 154 cm³/mol. The molecule has 0 bridgehead atoms. The quantitative estimate of drug-likeness (QED) is 0.370. The van der Waals surface area contributed by atoms with E-state index in [1.165, 1.54) is 0 Å². The Bertz CT molecular complexity index is 1500. The largest absolute Gasteiger partial charge is 0.444 e. The van der Waals surface area contributed by atoms with Crippen molar-refractivity contribution in [2.24, 2.45) is 0 Å². The maximum absolute atomic E-state index is 12.4. The van der Waals surface area contributed by atoms with Gasteiger partial charge in [0.25, 0.3) is 5.89 Å². The third-order valence-corrected chi connectivity index (χ3v) is 7.73. The predicted octanol–water partition coefficient (Wildman–Crippen LogP) is 4.70. The van der Waals surface area contributed by atoms with E-state index >= 15 is 0 Å². The van der Waals surface area contributed by atoms with Crippen LogP contribution in [0.25, 0.3) is 22.7 Å². The summed E-state index contributed by atoms with van der Waals surface area (Å²) in [6, 6.07) is 12.2. The van der Waals surface area contributed by atoms with Crippen LogP contribution in [0, 0.1) is 0 Å². The molecule has 4 heterocycles. The Hall–Kier alpha value is -4.54. The average molecular weight is 555 g/mol. The van der Waals surface area contributed by atoms with Crippen LogP contribution >= 0.6 is 0 Å². The molecule has 1 saturated heterocycles. The summed E-state index contributed by atoms with van der Waals surface area (Å²) in [5.41, 5.74) is 8.72. The smallest absolute Gasteiger partial charge is 0.410 e. The van der Waals surface area contributed by atoms with Crippen molar-refractivity contribution in [2.45, 2.75) is 51.0 Å². The Balaban J connectivity index is 1.13. The first-order valence-electron chi connectivity index (χ1n) is 13.9. The highest BCUT2D eigenvalue weighted by molar-refractivity contribution is 5.68. The number of benzene rings is 1. The molecule has 41 heavy (non-hydrogen) atoms. The highest BCUT2D eigenvalue weighted by Crippen LogP contribution is 2.48. The van der Waals surface area contributed by atoms with Gasteiger partial charge in [-0.15, -0.1) is 0 Å². The summed E-state index contributed by atoms with van der Waals surface area (Å²) in [5, 5.41) is 4.38. The molecule has 0 unspecified atom stereocenters. The van der Waals surface area contributed by atoms with Crippen LogP contribution in [0.4, 0.5) is 16.4 Å². The molecule has 11 heteroatoms. The lowest BCUT2D eigenvalue weighted by molar-refractivity contribution is 0.0240. The Morgan fingerprint density at radius 1 is 0.927 bits per heavy atom. The van der Waals surface area contributed by atoms with Crippen molar-refractivity contribution in [2.75, 3.05) is 36.8 Å². The van der Waals surface area contributed by atoms with E-state index in [0.29, 0.717) is 49.4 Å². The van der Waals surface area contributed by atoms with Gasteiger partial charge in [-0.1, -0.05) is 35.8 Å². The fourth-order valence-electron chi connectivity index (χ4n) is 5.29. The van der Waals surface area contributed by atoms with Gasteiger partial charge in [0.05, 0.1) is 17.8 Å². The van der Waals surface area contributed by atoms with Crippen LogP contribution < -0.4 is 10.6 Å². The molecule has 1 aliphatic heterocycles. The average Bonchev–Trinajstić information content (AvgIpc) is 3.43. The molecule has 0 spiro atoms. The molecule has 4 aromatic rings. The molecule has 1 aromatic carbocycles. The Morgan fingerprint density at radius 2 is 1.66 bits per heavy atom. The van der Waals surface area contributed by atoms with Crippen LogP contribution in [-0.4, -0.2) is 67.9 Å². The maximum Gasteiger partial charge on any atom is 0.410 e. The third-order valence-electron chi connectivity index (χ3n) is 7.73. The van der Waals surface area contributed by atoms with E-state index < -0.39 is 5.60 Å². The highest BCUT2D eigenvalue weighted by Gasteiger charge is 2.44. The first kappa shape index (κ1) is 26.7. The molecule has 212 valence electrons. The summed E-state index contributed by atoms with van der Waals surface area (Å²) in [6.07, 6.45) is 7.88. The number of nitrogens with two attached hydrogens (primary N) is 1. The van der Waals surface area contributed by atoms with Crippen molar-refractivity contribution in [1.29, 1.82) is 0 Å². The number of nitrogens with zero attached hydrogens (tertiary/aromatic N) is 7. The van der Waals surface area contributed by atoms with Gasteiger partial charge in [-0.25, -0.2) is 19.7 Å². The number of piperazine rings is 1. The van der Waals surface area contributed by atoms with E-state index in [4.69, 9.17) is 20.0 Å². The van der Waals surface area contributed by atoms with Gasteiger partial charge in [-0.3, -0.25) is 0 Å². The lowest BCUT2D eigenvalue weighted by Crippen LogP contribution is -2.50. The molecule has 1 amide bonds. The van der Waals surface area contributed by atoms with Crippen LogP contribution in [-0.2, 0) is 10.2 Å². The number of rotatable bonds is 5. The molecule has 2 aliphatic rings. The van der Waals surface area contributed by atoms with Crippen LogP contribution in [0.15, 0.2) is 59.5 Å². The topological polar surface area (TPSA) is 136 Å². The summed E-state index contributed by atoms with van der Waals surface area (Å²) >= 11 is 0. The number of amides is 1. The molecule has 2 fully saturated rings. The lowest BCUT2D eigenvalue weighted by atomic mass is 9.64. The molecule has 2 N–H and O–H groups in total. The number of anilines is 2. The van der Waals surface area contributed by atoms with Crippen molar-refractivity contribution in [1.82, 2.24) is 30.0 Å². The van der Waals surface area contributed by atoms with E-state index in [2.05, 4.69) is 49.3 Å². The third kappa shape index (κ3) is 5.44. The minimum atomic E-state index is -0.511. The summed E-state index contributed by atoms with van der Waals surface area (Å²) in [6.45, 7) is 8.03. The normalized spacial score (nSPS) is 16.8. The molecular formula is C30H34N8O3. The van der Waals surface area contributed by atoms with Gasteiger partial charge in [0.15, 0.2) is 5.82 Å². The highest BCUT2D eigenvalue weighted by atomic mass is 16.6. The van der Waals surface area contributed by atoms with Crippen molar-refractivity contribution >= 4 is 17.7 Å². The van der Waals surface area contributed by atoms with E-state index in [1.807, 2.05) is 26.8 Å². The molecule has 0 radical (unpaired) electrons. The van der Waals surface area contributed by atoms with Gasteiger partial charge in [0.1, 0.15) is 22.9 Å². The van der Waals surface area contributed by atoms with Crippen molar-refractivity contribution in [3.05, 3.63) is 66.4 Å². The monoisotopic (exact) mass is 554 g/mol. The number of carbonyl (C=O) groups is 1. The molecular weight excluding hydrogens is 520 g/mol. The second-order valence-corrected chi connectivity index (χ2v) is 11.6. The first-order valence-corrected chi connectivity index (χ1v) is 13.9. The minimum absolute atomic E-state index is 0.277. The van der Waals surface area contributed by atoms with E-state index in [9.17, 15) is 4.79 Å². The summed E-state index contributed by atoms with van der Waals surface area (Å²) in [7, 11) is 0. The number of ether oxygens (including phenoxy) is 1. The van der Waals surface area contributed by atoms with Crippen LogP contribution in [0.1, 0.15) is 51.4 Å². The van der Waals surface area contributed by atoms with Gasteiger partial charge in [-0.05, 0) is 56.9 Å². The standard InChI is InChI=1S/C30H34N8O3/c1-29(2,3)40-28(39)38-15-13-37(14-16-38)25-19-32-23(18-34-25)26-35-27(36-41-26)30(11-4-12-30)22-8-5-20(6-9-22)21-7-10-24(31)33-17-21/h5-10,17-19H,4,11-16H2,1-3H3,(H2,31,33). The zero-order valence-electron chi connectivity index (χ0n) is 23.6. The minimum Gasteiger partial charge on any atom is -0.444 e. The Labute approximate surface area is 238 Å². The van der Waals surface area contributed by atoms with Gasteiger partial charge >= 0.3 is 6.09 Å². The fraction of sp³-hybridized carbons (Fsp3) is 0.400. The zero-order valence-corrected chi connectivity index (χ0v) is 23.6.